The second-order valence-electron chi connectivity index (χ2n) is 7.17. The van der Waals surface area contributed by atoms with E-state index >= 15 is 0 Å². The maximum Gasteiger partial charge on any atom is 0.282 e. The number of imide groups is 1. The van der Waals surface area contributed by atoms with E-state index in [1.807, 2.05) is 19.9 Å². The Kier molecular flexibility index (Phi) is 6.21. The minimum atomic E-state index is -0.472. The van der Waals surface area contributed by atoms with Crippen molar-refractivity contribution in [3.05, 3.63) is 93.6 Å². The Balaban J connectivity index is 1.82. The van der Waals surface area contributed by atoms with Crippen molar-refractivity contribution in [1.29, 1.82) is 0 Å². The molecule has 0 saturated heterocycles. The van der Waals surface area contributed by atoms with Gasteiger partial charge in [0.05, 0.1) is 17.9 Å². The molecule has 5 nitrogen and oxygen atoms in total. The largest absolute Gasteiger partial charge is 0.494 e. The summed E-state index contributed by atoms with van der Waals surface area (Å²) in [5.41, 5.74) is 2.84. The zero-order chi connectivity index (χ0) is 22.8. The Morgan fingerprint density at radius 3 is 2.34 bits per heavy atom. The molecule has 4 rings (SSSR count). The number of halogens is 2. The van der Waals surface area contributed by atoms with E-state index in [1.165, 1.54) is 0 Å². The molecule has 0 atom stereocenters. The highest BCUT2D eigenvalue weighted by atomic mass is 35.5. The average Bonchev–Trinajstić information content (AvgIpc) is 3.01. The smallest absolute Gasteiger partial charge is 0.282 e. The second kappa shape index (κ2) is 9.07. The molecule has 0 saturated carbocycles. The van der Waals surface area contributed by atoms with Crippen LogP contribution in [0.3, 0.4) is 0 Å². The highest BCUT2D eigenvalue weighted by molar-refractivity contribution is 6.46. The van der Waals surface area contributed by atoms with Crippen LogP contribution in [0, 0.1) is 6.92 Å². The van der Waals surface area contributed by atoms with Gasteiger partial charge in [-0.25, -0.2) is 4.90 Å². The predicted octanol–water partition coefficient (Wildman–Crippen LogP) is 6.10. The van der Waals surface area contributed by atoms with Gasteiger partial charge < -0.3 is 10.1 Å². The molecule has 7 heteroatoms. The van der Waals surface area contributed by atoms with Crippen LogP contribution in [0.25, 0.3) is 5.57 Å². The number of hydrogen-bond donors (Lipinski definition) is 1. The minimum Gasteiger partial charge on any atom is -0.494 e. The lowest BCUT2D eigenvalue weighted by molar-refractivity contribution is -0.120. The number of ether oxygens (including phenoxy) is 1. The molecule has 0 aliphatic carbocycles. The zero-order valence-electron chi connectivity index (χ0n) is 17.5. The molecule has 32 heavy (non-hydrogen) atoms. The quantitative estimate of drug-likeness (QED) is 0.446. The molecule has 0 aromatic heterocycles. The first-order chi connectivity index (χ1) is 15.4. The number of carbonyl (C=O) groups excluding carboxylic acids is 2. The maximum absolute atomic E-state index is 13.5. The molecular formula is C25H20Cl2N2O3. The van der Waals surface area contributed by atoms with Gasteiger partial charge in [-0.15, -0.1) is 0 Å². The number of anilines is 2. The van der Waals surface area contributed by atoms with E-state index in [1.54, 1.807) is 60.7 Å². The molecule has 0 radical (unpaired) electrons. The van der Waals surface area contributed by atoms with Gasteiger partial charge >= 0.3 is 0 Å². The number of benzene rings is 3. The Labute approximate surface area is 196 Å². The molecule has 0 unspecified atom stereocenters. The SMILES string of the molecule is CCOc1ccc(C2=C(Nc3cccc(Cl)c3C)C(=O)N(c3cccc(Cl)c3)C2=O)cc1. The van der Waals surface area contributed by atoms with Crippen LogP contribution in [0.1, 0.15) is 18.1 Å². The van der Waals surface area contributed by atoms with E-state index in [0.717, 1.165) is 10.5 Å². The number of nitrogens with one attached hydrogen (secondary N) is 1. The first kappa shape index (κ1) is 21.9. The van der Waals surface area contributed by atoms with Gasteiger partial charge in [0.15, 0.2) is 0 Å². The van der Waals surface area contributed by atoms with E-state index in [4.69, 9.17) is 27.9 Å². The molecule has 1 aliphatic heterocycles. The summed E-state index contributed by atoms with van der Waals surface area (Å²) in [4.78, 5) is 28.1. The Bertz CT molecular complexity index is 1240. The summed E-state index contributed by atoms with van der Waals surface area (Å²) in [6.07, 6.45) is 0. The van der Waals surface area contributed by atoms with Crippen molar-refractivity contribution >= 4 is 52.0 Å². The third-order valence-corrected chi connectivity index (χ3v) is 5.78. The summed E-state index contributed by atoms with van der Waals surface area (Å²) < 4.78 is 5.50. The lowest BCUT2D eigenvalue weighted by Gasteiger charge is -2.16. The second-order valence-corrected chi connectivity index (χ2v) is 8.01. The molecule has 2 amide bonds. The molecule has 1 heterocycles. The van der Waals surface area contributed by atoms with E-state index < -0.39 is 11.8 Å². The van der Waals surface area contributed by atoms with Gasteiger partial charge in [0.1, 0.15) is 11.4 Å². The van der Waals surface area contributed by atoms with Crippen molar-refractivity contribution < 1.29 is 14.3 Å². The fraction of sp³-hybridized carbons (Fsp3) is 0.120. The fourth-order valence-electron chi connectivity index (χ4n) is 3.53. The number of rotatable bonds is 6. The normalized spacial score (nSPS) is 13.7. The Hall–Kier alpha value is -3.28. The van der Waals surface area contributed by atoms with Crippen molar-refractivity contribution in [1.82, 2.24) is 0 Å². The van der Waals surface area contributed by atoms with Gasteiger partial charge in [-0.3, -0.25) is 9.59 Å². The summed E-state index contributed by atoms with van der Waals surface area (Å²) in [6.45, 7) is 4.27. The van der Waals surface area contributed by atoms with Crippen LogP contribution in [0.2, 0.25) is 10.0 Å². The van der Waals surface area contributed by atoms with Crippen LogP contribution >= 0.6 is 23.2 Å². The first-order valence-electron chi connectivity index (χ1n) is 10.0. The van der Waals surface area contributed by atoms with Crippen molar-refractivity contribution in [2.45, 2.75) is 13.8 Å². The van der Waals surface area contributed by atoms with Crippen molar-refractivity contribution in [2.24, 2.45) is 0 Å². The van der Waals surface area contributed by atoms with Crippen molar-refractivity contribution in [3.8, 4) is 5.75 Å². The van der Waals surface area contributed by atoms with E-state index in [9.17, 15) is 9.59 Å². The van der Waals surface area contributed by atoms with Gasteiger partial charge in [0.2, 0.25) is 0 Å². The third kappa shape index (κ3) is 4.09. The monoisotopic (exact) mass is 466 g/mol. The lowest BCUT2D eigenvalue weighted by Crippen LogP contribution is -2.32. The summed E-state index contributed by atoms with van der Waals surface area (Å²) >= 11 is 12.4. The van der Waals surface area contributed by atoms with Gasteiger partial charge in [0, 0.05) is 15.7 Å². The summed E-state index contributed by atoms with van der Waals surface area (Å²) in [7, 11) is 0. The van der Waals surface area contributed by atoms with Crippen molar-refractivity contribution in [2.75, 3.05) is 16.8 Å². The van der Waals surface area contributed by atoms with Crippen LogP contribution in [0.4, 0.5) is 11.4 Å². The summed E-state index contributed by atoms with van der Waals surface area (Å²) in [6, 6.07) is 19.1. The number of carbonyl (C=O) groups is 2. The molecule has 1 N–H and O–H groups in total. The fourth-order valence-corrected chi connectivity index (χ4v) is 3.88. The summed E-state index contributed by atoms with van der Waals surface area (Å²) in [5.74, 6) is -0.232. The Morgan fingerprint density at radius 2 is 1.66 bits per heavy atom. The highest BCUT2D eigenvalue weighted by Gasteiger charge is 2.40. The topological polar surface area (TPSA) is 58.6 Å². The summed E-state index contributed by atoms with van der Waals surface area (Å²) in [5, 5.41) is 4.14. The van der Waals surface area contributed by atoms with Gasteiger partial charge in [-0.05, 0) is 67.4 Å². The standard InChI is InChI=1S/C25H20Cl2N2O3/c1-3-32-19-12-10-16(11-13-19)22-23(28-21-9-5-8-20(27)15(21)2)25(31)29(24(22)30)18-7-4-6-17(26)14-18/h4-14,28H,3H2,1-2H3. The van der Waals surface area contributed by atoms with Gasteiger partial charge in [0.25, 0.3) is 11.8 Å². The molecule has 0 fully saturated rings. The van der Waals surface area contributed by atoms with Gasteiger partial charge in [-0.2, -0.15) is 0 Å². The van der Waals surface area contributed by atoms with Crippen LogP contribution in [0.15, 0.2) is 72.4 Å². The zero-order valence-corrected chi connectivity index (χ0v) is 19.0. The van der Waals surface area contributed by atoms with Gasteiger partial charge in [-0.1, -0.05) is 47.5 Å². The van der Waals surface area contributed by atoms with E-state index in [2.05, 4.69) is 5.32 Å². The van der Waals surface area contributed by atoms with Crippen LogP contribution in [0.5, 0.6) is 5.75 Å². The molecule has 3 aromatic carbocycles. The number of hydrogen-bond acceptors (Lipinski definition) is 4. The molecule has 0 spiro atoms. The minimum absolute atomic E-state index is 0.171. The van der Waals surface area contributed by atoms with Crippen LogP contribution in [-0.4, -0.2) is 18.4 Å². The molecule has 1 aliphatic rings. The average molecular weight is 467 g/mol. The molecular weight excluding hydrogens is 447 g/mol. The van der Waals surface area contributed by atoms with Crippen molar-refractivity contribution in [3.63, 3.8) is 0 Å². The molecule has 3 aromatic rings. The third-order valence-electron chi connectivity index (χ3n) is 5.13. The molecule has 162 valence electrons. The van der Waals surface area contributed by atoms with E-state index in [0.29, 0.717) is 39.3 Å². The van der Waals surface area contributed by atoms with Crippen LogP contribution in [-0.2, 0) is 9.59 Å². The number of amides is 2. The molecule has 0 bridgehead atoms. The maximum atomic E-state index is 13.5. The van der Waals surface area contributed by atoms with E-state index in [-0.39, 0.29) is 11.3 Å². The lowest BCUT2D eigenvalue weighted by atomic mass is 10.0. The highest BCUT2D eigenvalue weighted by Crippen LogP contribution is 2.36. The predicted molar refractivity (Wildman–Crippen MR) is 128 cm³/mol. The number of nitrogens with zero attached hydrogens (tertiary/aromatic N) is 1. The first-order valence-corrected chi connectivity index (χ1v) is 10.8. The van der Waals surface area contributed by atoms with Crippen LogP contribution < -0.4 is 15.0 Å². The Morgan fingerprint density at radius 1 is 0.938 bits per heavy atom.